The Morgan fingerprint density at radius 2 is 1.39 bits per heavy atom. The lowest BCUT2D eigenvalue weighted by Crippen LogP contribution is -2.40. The summed E-state index contributed by atoms with van der Waals surface area (Å²) in [6.45, 7) is 5.53. The minimum atomic E-state index is -3.46. The molecule has 0 saturated heterocycles. The van der Waals surface area contributed by atoms with Crippen LogP contribution in [-0.2, 0) is 10.0 Å². The molecule has 0 bridgehead atoms. The van der Waals surface area contributed by atoms with E-state index in [4.69, 9.17) is 0 Å². The highest BCUT2D eigenvalue weighted by atomic mass is 32.3. The highest BCUT2D eigenvalue weighted by Gasteiger charge is 2.26. The summed E-state index contributed by atoms with van der Waals surface area (Å²) in [4.78, 5) is 1.32. The fraction of sp³-hybridized carbons (Fsp3) is 0.538. The molecule has 0 aliphatic rings. The van der Waals surface area contributed by atoms with Gasteiger partial charge in [0.25, 0.3) is 0 Å². The van der Waals surface area contributed by atoms with Gasteiger partial charge >= 0.3 is 0 Å². The third-order valence-corrected chi connectivity index (χ3v) is 5.86. The van der Waals surface area contributed by atoms with Crippen LogP contribution in [0.25, 0.3) is 0 Å². The Kier molecular flexibility index (Phi) is 4.20. The van der Waals surface area contributed by atoms with Crippen LogP contribution in [0.2, 0.25) is 0 Å². The summed E-state index contributed by atoms with van der Waals surface area (Å²) in [5, 5.41) is 0. The topological polar surface area (TPSA) is 46.2 Å². The number of sulfonamides is 1. The summed E-state index contributed by atoms with van der Waals surface area (Å²) in [6.07, 6.45) is 6.29. The summed E-state index contributed by atoms with van der Waals surface area (Å²) in [7, 11) is -4.55. The number of rotatable bonds is 3. The van der Waals surface area contributed by atoms with Crippen molar-refractivity contribution in [2.45, 2.75) is 36.1 Å². The predicted molar refractivity (Wildman–Crippen MR) is 80.1 cm³/mol. The molecule has 0 aliphatic heterocycles. The van der Waals surface area contributed by atoms with Crippen LogP contribution in [0, 0.1) is 0 Å². The summed E-state index contributed by atoms with van der Waals surface area (Å²) in [5.41, 5.74) is -0.473. The van der Waals surface area contributed by atoms with Gasteiger partial charge in [-0.2, -0.15) is 0 Å². The van der Waals surface area contributed by atoms with E-state index in [1.165, 1.54) is 0 Å². The smallest absolute Gasteiger partial charge is 0.222 e. The Hall–Kier alpha value is -0.520. The lowest BCUT2D eigenvalue weighted by Gasteiger charge is -2.29. The molecule has 0 heterocycles. The van der Waals surface area contributed by atoms with Gasteiger partial charge in [-0.3, -0.25) is 0 Å². The molecule has 1 aromatic rings. The van der Waals surface area contributed by atoms with E-state index in [1.54, 1.807) is 12.1 Å². The molecule has 1 N–H and O–H groups in total. The molecular formula is C13H23NO2S2. The maximum Gasteiger partial charge on any atom is 0.242 e. The summed E-state index contributed by atoms with van der Waals surface area (Å²) in [5.74, 6) is 0. The van der Waals surface area contributed by atoms with Gasteiger partial charge in [-0.1, -0.05) is 12.1 Å². The molecule has 5 heteroatoms. The minimum Gasteiger partial charge on any atom is -0.222 e. The SMILES string of the molecule is CC(C)(C)NS(=O)(=O)c1ccccc1S(C)(C)C. The number of hydrogen-bond donors (Lipinski definition) is 1. The van der Waals surface area contributed by atoms with Crippen LogP contribution in [0.5, 0.6) is 0 Å². The van der Waals surface area contributed by atoms with E-state index in [2.05, 4.69) is 23.5 Å². The van der Waals surface area contributed by atoms with E-state index >= 15 is 0 Å². The maximum atomic E-state index is 12.4. The average Bonchev–Trinajstić information content (AvgIpc) is 2.12. The zero-order valence-corrected chi connectivity index (χ0v) is 13.6. The fourth-order valence-corrected chi connectivity index (χ4v) is 5.38. The molecule has 0 saturated carbocycles. The second kappa shape index (κ2) is 4.87. The minimum absolute atomic E-state index is 0.405. The molecular weight excluding hydrogens is 266 g/mol. The molecule has 18 heavy (non-hydrogen) atoms. The van der Waals surface area contributed by atoms with E-state index in [0.717, 1.165) is 4.90 Å². The molecule has 1 rings (SSSR count). The van der Waals surface area contributed by atoms with Crippen molar-refractivity contribution in [3.8, 4) is 0 Å². The zero-order valence-electron chi connectivity index (χ0n) is 11.9. The fourth-order valence-electron chi connectivity index (χ4n) is 1.64. The molecule has 3 nitrogen and oxygen atoms in total. The Balaban J connectivity index is 3.35. The molecule has 0 aromatic heterocycles. The molecule has 0 amide bonds. The van der Waals surface area contributed by atoms with Gasteiger partial charge in [0.2, 0.25) is 10.0 Å². The quantitative estimate of drug-likeness (QED) is 0.930. The third-order valence-electron chi connectivity index (χ3n) is 2.24. The van der Waals surface area contributed by atoms with Crippen molar-refractivity contribution in [1.82, 2.24) is 4.72 Å². The van der Waals surface area contributed by atoms with Gasteiger partial charge in [-0.25, -0.2) is 23.2 Å². The first-order valence-electron chi connectivity index (χ1n) is 5.75. The summed E-state index contributed by atoms with van der Waals surface area (Å²) < 4.78 is 27.5. The van der Waals surface area contributed by atoms with Crippen molar-refractivity contribution < 1.29 is 8.42 Å². The zero-order chi connectivity index (χ0) is 14.2. The van der Waals surface area contributed by atoms with Gasteiger partial charge in [0.05, 0.1) is 4.90 Å². The lowest BCUT2D eigenvalue weighted by atomic mass is 10.1. The van der Waals surface area contributed by atoms with Crippen LogP contribution >= 0.6 is 10.0 Å². The van der Waals surface area contributed by atoms with Crippen molar-refractivity contribution >= 4 is 20.1 Å². The first-order valence-corrected chi connectivity index (χ1v) is 10.1. The monoisotopic (exact) mass is 289 g/mol. The van der Waals surface area contributed by atoms with Gasteiger partial charge in [0, 0.05) is 10.4 Å². The van der Waals surface area contributed by atoms with E-state index in [-0.39, 0.29) is 0 Å². The van der Waals surface area contributed by atoms with E-state index in [9.17, 15) is 8.42 Å². The summed E-state index contributed by atoms with van der Waals surface area (Å²) in [6, 6.07) is 7.25. The molecule has 0 fully saturated rings. The van der Waals surface area contributed by atoms with Gasteiger partial charge in [0.1, 0.15) is 0 Å². The number of hydrogen-bond acceptors (Lipinski definition) is 2. The molecule has 0 radical (unpaired) electrons. The number of benzene rings is 1. The second-order valence-electron chi connectivity index (χ2n) is 6.14. The van der Waals surface area contributed by atoms with Gasteiger partial charge < -0.3 is 0 Å². The average molecular weight is 289 g/mol. The molecule has 104 valence electrons. The normalized spacial score (nSPS) is 14.6. The van der Waals surface area contributed by atoms with Crippen molar-refractivity contribution in [2.24, 2.45) is 0 Å². The van der Waals surface area contributed by atoms with E-state index in [0.29, 0.717) is 4.90 Å². The molecule has 0 aliphatic carbocycles. The van der Waals surface area contributed by atoms with Gasteiger partial charge in [-0.15, -0.1) is 0 Å². The predicted octanol–water partition coefficient (Wildman–Crippen LogP) is 2.82. The van der Waals surface area contributed by atoms with Crippen molar-refractivity contribution in [3.63, 3.8) is 0 Å². The van der Waals surface area contributed by atoms with E-state index in [1.807, 2.05) is 32.9 Å². The van der Waals surface area contributed by atoms with Crippen molar-refractivity contribution in [3.05, 3.63) is 24.3 Å². The largest absolute Gasteiger partial charge is 0.242 e. The molecule has 0 unspecified atom stereocenters. The van der Waals surface area contributed by atoms with E-state index < -0.39 is 25.6 Å². The lowest BCUT2D eigenvalue weighted by molar-refractivity contribution is 0.490. The molecule has 1 aromatic carbocycles. The van der Waals surface area contributed by atoms with Crippen LogP contribution in [0.15, 0.2) is 34.1 Å². The summed E-state index contributed by atoms with van der Waals surface area (Å²) >= 11 is 0. The van der Waals surface area contributed by atoms with Gasteiger partial charge in [0.15, 0.2) is 0 Å². The highest BCUT2D eigenvalue weighted by Crippen LogP contribution is 2.48. The first kappa shape index (κ1) is 15.5. The Labute approximate surface area is 112 Å². The van der Waals surface area contributed by atoms with Crippen LogP contribution in [0.3, 0.4) is 0 Å². The van der Waals surface area contributed by atoms with Crippen LogP contribution < -0.4 is 4.72 Å². The molecule has 0 atom stereocenters. The van der Waals surface area contributed by atoms with Gasteiger partial charge in [-0.05, 0) is 51.7 Å². The maximum absolute atomic E-state index is 12.4. The highest BCUT2D eigenvalue weighted by molar-refractivity contribution is 8.32. The van der Waals surface area contributed by atoms with Crippen LogP contribution in [0.1, 0.15) is 20.8 Å². The second-order valence-corrected chi connectivity index (χ2v) is 11.9. The number of nitrogens with one attached hydrogen (secondary N) is 1. The Bertz CT molecular complexity index is 523. The van der Waals surface area contributed by atoms with Crippen LogP contribution in [-0.4, -0.2) is 32.7 Å². The third kappa shape index (κ3) is 4.00. The van der Waals surface area contributed by atoms with Crippen molar-refractivity contribution in [2.75, 3.05) is 18.8 Å². The Morgan fingerprint density at radius 1 is 0.944 bits per heavy atom. The van der Waals surface area contributed by atoms with Crippen molar-refractivity contribution in [1.29, 1.82) is 0 Å². The standard InChI is InChI=1S/C13H23NO2S2/c1-13(2,3)14-18(15,16)12-10-8-7-9-11(12)17(4,5)6/h7-10,14H,1-6H3. The van der Waals surface area contributed by atoms with Crippen LogP contribution in [0.4, 0.5) is 0 Å². The first-order chi connectivity index (χ1) is 7.93. The Morgan fingerprint density at radius 3 is 1.78 bits per heavy atom. The molecule has 0 spiro atoms.